The summed E-state index contributed by atoms with van der Waals surface area (Å²) in [6.45, 7) is 6.38. The minimum absolute atomic E-state index is 0.00830. The zero-order chi connectivity index (χ0) is 19.9. The van der Waals surface area contributed by atoms with Gasteiger partial charge in [-0.3, -0.25) is 14.5 Å². The van der Waals surface area contributed by atoms with Crippen molar-refractivity contribution in [3.05, 3.63) is 68.5 Å². The topological polar surface area (TPSA) is 54.3 Å². The third-order valence-electron chi connectivity index (χ3n) is 5.35. The average Bonchev–Trinajstić information content (AvgIpc) is 2.70. The highest BCUT2D eigenvalue weighted by Gasteiger charge is 2.19. The van der Waals surface area contributed by atoms with Crippen LogP contribution in [0.15, 0.2) is 51.9 Å². The molecule has 0 aliphatic carbocycles. The predicted molar refractivity (Wildman–Crippen MR) is 115 cm³/mol. The standard InChI is InChI=1S/C22H28BrN3O2/c1-17-2-4-19(5-3-17)15-25-11-8-18(9-12-25)14-24-21(27)10-13-26-16-20(23)6-7-22(26)28/h2-7,16,18H,8-15H2,1H3,(H,24,27). The van der Waals surface area contributed by atoms with E-state index in [1.165, 1.54) is 17.2 Å². The van der Waals surface area contributed by atoms with Gasteiger partial charge >= 0.3 is 0 Å². The molecule has 1 aliphatic heterocycles. The molecule has 1 saturated heterocycles. The summed E-state index contributed by atoms with van der Waals surface area (Å²) in [7, 11) is 0. The lowest BCUT2D eigenvalue weighted by molar-refractivity contribution is -0.121. The average molecular weight is 446 g/mol. The highest BCUT2D eigenvalue weighted by Crippen LogP contribution is 2.18. The van der Waals surface area contributed by atoms with E-state index in [0.717, 1.165) is 43.5 Å². The number of likely N-dealkylation sites (tertiary alicyclic amines) is 1. The predicted octanol–water partition coefficient (Wildman–Crippen LogP) is 3.34. The van der Waals surface area contributed by atoms with Crippen LogP contribution in [0, 0.1) is 12.8 Å². The molecule has 1 aromatic carbocycles. The largest absolute Gasteiger partial charge is 0.356 e. The number of rotatable bonds is 7. The van der Waals surface area contributed by atoms with Crippen LogP contribution in [0.25, 0.3) is 0 Å². The van der Waals surface area contributed by atoms with Gasteiger partial charge in [0.1, 0.15) is 0 Å². The zero-order valence-electron chi connectivity index (χ0n) is 16.4. The summed E-state index contributed by atoms with van der Waals surface area (Å²) in [5, 5.41) is 3.04. The highest BCUT2D eigenvalue weighted by atomic mass is 79.9. The molecule has 150 valence electrons. The maximum Gasteiger partial charge on any atom is 0.250 e. The van der Waals surface area contributed by atoms with Crippen LogP contribution in [0.5, 0.6) is 0 Å². The van der Waals surface area contributed by atoms with Crippen molar-refractivity contribution < 1.29 is 4.79 Å². The maximum absolute atomic E-state index is 12.1. The molecule has 1 amide bonds. The van der Waals surface area contributed by atoms with Crippen LogP contribution in [0.1, 0.15) is 30.4 Å². The van der Waals surface area contributed by atoms with Crippen LogP contribution in [0.3, 0.4) is 0 Å². The molecule has 2 heterocycles. The lowest BCUT2D eigenvalue weighted by Gasteiger charge is -2.32. The van der Waals surface area contributed by atoms with E-state index in [1.54, 1.807) is 16.8 Å². The van der Waals surface area contributed by atoms with E-state index in [4.69, 9.17) is 0 Å². The quantitative estimate of drug-likeness (QED) is 0.710. The van der Waals surface area contributed by atoms with Crippen molar-refractivity contribution >= 4 is 21.8 Å². The van der Waals surface area contributed by atoms with Gasteiger partial charge in [-0.2, -0.15) is 0 Å². The van der Waals surface area contributed by atoms with Gasteiger partial charge in [-0.25, -0.2) is 0 Å². The second-order valence-electron chi connectivity index (χ2n) is 7.64. The second-order valence-corrected chi connectivity index (χ2v) is 8.55. The second kappa shape index (κ2) is 10.0. The number of benzene rings is 1. The smallest absolute Gasteiger partial charge is 0.250 e. The summed E-state index contributed by atoms with van der Waals surface area (Å²) in [6.07, 6.45) is 4.26. The van der Waals surface area contributed by atoms with Crippen molar-refractivity contribution in [2.45, 2.75) is 39.3 Å². The number of carbonyl (C=O) groups excluding carboxylic acids is 1. The Morgan fingerprint density at radius 3 is 2.57 bits per heavy atom. The van der Waals surface area contributed by atoms with Crippen molar-refractivity contribution in [2.75, 3.05) is 19.6 Å². The number of piperidine rings is 1. The number of halogens is 1. The van der Waals surface area contributed by atoms with Gasteiger partial charge < -0.3 is 9.88 Å². The van der Waals surface area contributed by atoms with Crippen molar-refractivity contribution in [3.8, 4) is 0 Å². The van der Waals surface area contributed by atoms with Crippen molar-refractivity contribution in [2.24, 2.45) is 5.92 Å². The number of aryl methyl sites for hydroxylation is 2. The van der Waals surface area contributed by atoms with Gasteiger partial charge in [0.25, 0.3) is 5.56 Å². The Balaban J connectivity index is 1.35. The van der Waals surface area contributed by atoms with Gasteiger partial charge in [-0.05, 0) is 66.3 Å². The van der Waals surface area contributed by atoms with Gasteiger partial charge in [0.05, 0.1) is 0 Å². The molecular formula is C22H28BrN3O2. The molecular weight excluding hydrogens is 418 g/mol. The first kappa shape index (κ1) is 20.8. The molecule has 0 radical (unpaired) electrons. The number of pyridine rings is 1. The van der Waals surface area contributed by atoms with E-state index in [2.05, 4.69) is 57.3 Å². The molecule has 2 aromatic rings. The Kier molecular flexibility index (Phi) is 7.45. The van der Waals surface area contributed by atoms with Crippen LogP contribution in [-0.2, 0) is 17.9 Å². The Bertz CT molecular complexity index is 840. The first-order chi connectivity index (χ1) is 13.5. The van der Waals surface area contributed by atoms with Crippen LogP contribution < -0.4 is 10.9 Å². The number of nitrogens with one attached hydrogen (secondary N) is 1. The number of hydrogen-bond donors (Lipinski definition) is 1. The Morgan fingerprint density at radius 2 is 1.86 bits per heavy atom. The Labute approximate surface area is 174 Å². The first-order valence-electron chi connectivity index (χ1n) is 9.90. The third-order valence-corrected chi connectivity index (χ3v) is 5.82. The zero-order valence-corrected chi connectivity index (χ0v) is 18.0. The summed E-state index contributed by atoms with van der Waals surface area (Å²) >= 11 is 3.35. The molecule has 3 rings (SSSR count). The third kappa shape index (κ3) is 6.31. The molecule has 28 heavy (non-hydrogen) atoms. The van der Waals surface area contributed by atoms with Crippen LogP contribution in [0.4, 0.5) is 0 Å². The Morgan fingerprint density at radius 1 is 1.14 bits per heavy atom. The molecule has 0 saturated carbocycles. The van der Waals surface area contributed by atoms with E-state index in [1.807, 2.05) is 0 Å². The number of amides is 1. The maximum atomic E-state index is 12.1. The van der Waals surface area contributed by atoms with Gasteiger partial charge in [0.15, 0.2) is 0 Å². The highest BCUT2D eigenvalue weighted by molar-refractivity contribution is 9.10. The lowest BCUT2D eigenvalue weighted by atomic mass is 9.96. The fourth-order valence-corrected chi connectivity index (χ4v) is 3.93. The van der Waals surface area contributed by atoms with Gasteiger partial charge in [-0.15, -0.1) is 0 Å². The van der Waals surface area contributed by atoms with Gasteiger partial charge in [0, 0.05) is 42.8 Å². The normalized spacial score (nSPS) is 15.5. The van der Waals surface area contributed by atoms with Gasteiger partial charge in [-0.1, -0.05) is 29.8 Å². The summed E-state index contributed by atoms with van der Waals surface area (Å²) in [5.41, 5.74) is 2.57. The van der Waals surface area contributed by atoms with Crippen molar-refractivity contribution in [3.63, 3.8) is 0 Å². The summed E-state index contributed by atoms with van der Waals surface area (Å²) in [5.74, 6) is 0.542. The molecule has 1 fully saturated rings. The molecule has 5 nitrogen and oxygen atoms in total. The van der Waals surface area contributed by atoms with Crippen LogP contribution in [0.2, 0.25) is 0 Å². The number of nitrogens with zero attached hydrogens (tertiary/aromatic N) is 2. The molecule has 0 unspecified atom stereocenters. The molecule has 6 heteroatoms. The van der Waals surface area contributed by atoms with Crippen LogP contribution >= 0.6 is 15.9 Å². The number of aromatic nitrogens is 1. The fourth-order valence-electron chi connectivity index (χ4n) is 3.55. The lowest BCUT2D eigenvalue weighted by Crippen LogP contribution is -2.38. The minimum atomic E-state index is -0.0862. The minimum Gasteiger partial charge on any atom is -0.356 e. The van der Waals surface area contributed by atoms with E-state index in [-0.39, 0.29) is 11.5 Å². The molecule has 0 atom stereocenters. The fraction of sp³-hybridized carbons (Fsp3) is 0.455. The Hall–Kier alpha value is -1.92. The van der Waals surface area contributed by atoms with Crippen LogP contribution in [-0.4, -0.2) is 35.0 Å². The summed E-state index contributed by atoms with van der Waals surface area (Å²) in [4.78, 5) is 26.4. The summed E-state index contributed by atoms with van der Waals surface area (Å²) < 4.78 is 2.40. The molecule has 1 aliphatic rings. The summed E-state index contributed by atoms with van der Waals surface area (Å²) in [6, 6.07) is 12.0. The molecule has 1 N–H and O–H groups in total. The van der Waals surface area contributed by atoms with Crippen molar-refractivity contribution in [1.29, 1.82) is 0 Å². The van der Waals surface area contributed by atoms with E-state index in [9.17, 15) is 9.59 Å². The SMILES string of the molecule is Cc1ccc(CN2CCC(CNC(=O)CCn3cc(Br)ccc3=O)CC2)cc1. The van der Waals surface area contributed by atoms with E-state index >= 15 is 0 Å². The molecule has 0 bridgehead atoms. The number of carbonyl (C=O) groups is 1. The van der Waals surface area contributed by atoms with Gasteiger partial charge in [0.2, 0.25) is 5.91 Å². The first-order valence-corrected chi connectivity index (χ1v) is 10.7. The monoisotopic (exact) mass is 445 g/mol. The number of hydrogen-bond acceptors (Lipinski definition) is 3. The molecule has 1 aromatic heterocycles. The van der Waals surface area contributed by atoms with E-state index < -0.39 is 0 Å². The van der Waals surface area contributed by atoms with E-state index in [0.29, 0.717) is 18.9 Å². The van der Waals surface area contributed by atoms with Crippen molar-refractivity contribution in [1.82, 2.24) is 14.8 Å². The molecule has 0 spiro atoms.